The third-order valence-electron chi connectivity index (χ3n) is 4.12. The molecule has 1 fully saturated rings. The van der Waals surface area contributed by atoms with Gasteiger partial charge in [0.1, 0.15) is 11.6 Å². The lowest BCUT2D eigenvalue weighted by Crippen LogP contribution is -2.37. The fourth-order valence-electron chi connectivity index (χ4n) is 3.03. The number of hydrogen-bond acceptors (Lipinski definition) is 4. The number of Topliss-reactive ketones (excluding diaryl/α,β-unsaturated/α-hetero) is 1. The summed E-state index contributed by atoms with van der Waals surface area (Å²) in [6.45, 7) is 0. The van der Waals surface area contributed by atoms with Gasteiger partial charge in [-0.25, -0.2) is 0 Å². The van der Waals surface area contributed by atoms with Gasteiger partial charge in [0.15, 0.2) is 5.78 Å². The molecule has 20 heavy (non-hydrogen) atoms. The highest BCUT2D eigenvalue weighted by Gasteiger charge is 2.31. The number of carbonyl (C=O) groups is 1. The van der Waals surface area contributed by atoms with Crippen molar-refractivity contribution in [1.82, 2.24) is 5.32 Å². The van der Waals surface area contributed by atoms with Crippen molar-refractivity contribution in [3.63, 3.8) is 0 Å². The number of nitrogens with one attached hydrogen (secondary N) is 1. The van der Waals surface area contributed by atoms with Crippen LogP contribution in [0.15, 0.2) is 29.3 Å². The molecule has 1 N–H and O–H groups in total. The Morgan fingerprint density at radius 3 is 3.05 bits per heavy atom. The molecule has 2 aliphatic rings. The summed E-state index contributed by atoms with van der Waals surface area (Å²) in [4.78, 5) is 17.0. The van der Waals surface area contributed by atoms with E-state index in [9.17, 15) is 4.79 Å². The van der Waals surface area contributed by atoms with Crippen molar-refractivity contribution in [2.45, 2.75) is 44.2 Å². The highest BCUT2D eigenvalue weighted by Crippen LogP contribution is 2.25. The third-order valence-corrected chi connectivity index (χ3v) is 4.12. The molecule has 1 aromatic rings. The number of ether oxygens (including phenoxy) is 1. The van der Waals surface area contributed by atoms with Crippen LogP contribution in [0.25, 0.3) is 0 Å². The Hall–Kier alpha value is -1.84. The average Bonchev–Trinajstić information content (AvgIpc) is 2.89. The van der Waals surface area contributed by atoms with Gasteiger partial charge in [0.2, 0.25) is 0 Å². The molecule has 0 amide bonds. The first kappa shape index (κ1) is 13.2. The second-order valence-corrected chi connectivity index (χ2v) is 5.51. The second kappa shape index (κ2) is 5.65. The van der Waals surface area contributed by atoms with Gasteiger partial charge >= 0.3 is 0 Å². The van der Waals surface area contributed by atoms with Crippen LogP contribution in [0.3, 0.4) is 0 Å². The third kappa shape index (κ3) is 2.69. The average molecular weight is 272 g/mol. The number of methoxy groups -OCH3 is 1. The highest BCUT2D eigenvalue weighted by molar-refractivity contribution is 6.09. The van der Waals surface area contributed by atoms with Crippen LogP contribution in [0.1, 0.15) is 42.5 Å². The minimum absolute atomic E-state index is 0.0915. The van der Waals surface area contributed by atoms with Gasteiger partial charge < -0.3 is 10.1 Å². The van der Waals surface area contributed by atoms with E-state index in [1.807, 2.05) is 18.2 Å². The van der Waals surface area contributed by atoms with Crippen LogP contribution >= 0.6 is 0 Å². The molecule has 1 aliphatic carbocycles. The van der Waals surface area contributed by atoms with Crippen molar-refractivity contribution in [3.8, 4) is 5.75 Å². The highest BCUT2D eigenvalue weighted by atomic mass is 16.5. The zero-order chi connectivity index (χ0) is 13.9. The Bertz CT molecular complexity index is 539. The molecular formula is C16H20N2O2. The van der Waals surface area contributed by atoms with Crippen LogP contribution in [0, 0.1) is 0 Å². The number of hydrogen-bond donors (Lipinski definition) is 1. The molecule has 0 spiro atoms. The van der Waals surface area contributed by atoms with Crippen LogP contribution in [-0.2, 0) is 0 Å². The molecule has 0 bridgehead atoms. The number of rotatable bonds is 4. The zero-order valence-electron chi connectivity index (χ0n) is 11.8. The van der Waals surface area contributed by atoms with E-state index >= 15 is 0 Å². The number of benzene rings is 1. The van der Waals surface area contributed by atoms with E-state index in [4.69, 9.17) is 4.74 Å². The van der Waals surface area contributed by atoms with Crippen molar-refractivity contribution in [2.24, 2.45) is 4.99 Å². The quantitative estimate of drug-likeness (QED) is 0.857. The van der Waals surface area contributed by atoms with Gasteiger partial charge in [-0.1, -0.05) is 25.0 Å². The standard InChI is InChI=1S/C16H20N2O2/c1-20-12-6-4-5-11(9-12)15(19)10-16-17-13-7-2-3-8-14(13)18-16/h4-6,9,13-14H,2-3,7-8,10H2,1H3,(H,17,18)/t13-,14+. The Labute approximate surface area is 119 Å². The summed E-state index contributed by atoms with van der Waals surface area (Å²) in [5.74, 6) is 1.66. The molecule has 0 unspecified atom stereocenters. The molecule has 106 valence electrons. The maximum absolute atomic E-state index is 12.3. The zero-order valence-corrected chi connectivity index (χ0v) is 11.8. The summed E-state index contributed by atoms with van der Waals surface area (Å²) in [5, 5.41) is 3.42. The van der Waals surface area contributed by atoms with Crippen LogP contribution in [0.4, 0.5) is 0 Å². The summed E-state index contributed by atoms with van der Waals surface area (Å²) in [7, 11) is 1.61. The Balaban J connectivity index is 1.67. The molecule has 4 heteroatoms. The summed E-state index contributed by atoms with van der Waals surface area (Å²) in [6, 6.07) is 8.14. The first-order valence-electron chi connectivity index (χ1n) is 7.27. The number of carbonyl (C=O) groups excluding carboxylic acids is 1. The van der Waals surface area contributed by atoms with Crippen molar-refractivity contribution < 1.29 is 9.53 Å². The molecule has 0 radical (unpaired) electrons. The van der Waals surface area contributed by atoms with Crippen molar-refractivity contribution in [1.29, 1.82) is 0 Å². The van der Waals surface area contributed by atoms with Crippen LogP contribution < -0.4 is 10.1 Å². The van der Waals surface area contributed by atoms with E-state index in [0.717, 1.165) is 12.3 Å². The fraction of sp³-hybridized carbons (Fsp3) is 0.500. The predicted molar refractivity (Wildman–Crippen MR) is 78.6 cm³/mol. The van der Waals surface area contributed by atoms with E-state index < -0.39 is 0 Å². The van der Waals surface area contributed by atoms with Gasteiger partial charge in [0, 0.05) is 11.6 Å². The number of fused-ring (bicyclic) bond motifs is 1. The molecule has 2 atom stereocenters. The first-order valence-corrected chi connectivity index (χ1v) is 7.27. The molecule has 0 saturated heterocycles. The van der Waals surface area contributed by atoms with Gasteiger partial charge in [0.05, 0.1) is 19.6 Å². The first-order chi connectivity index (χ1) is 9.76. The fourth-order valence-corrected chi connectivity index (χ4v) is 3.03. The van der Waals surface area contributed by atoms with E-state index in [1.165, 1.54) is 19.3 Å². The van der Waals surface area contributed by atoms with Gasteiger partial charge in [-0.3, -0.25) is 9.79 Å². The lowest BCUT2D eigenvalue weighted by Gasteiger charge is -2.23. The van der Waals surface area contributed by atoms with Crippen molar-refractivity contribution in [2.75, 3.05) is 7.11 Å². The second-order valence-electron chi connectivity index (χ2n) is 5.51. The Kier molecular flexibility index (Phi) is 3.72. The van der Waals surface area contributed by atoms with E-state index in [0.29, 0.717) is 29.8 Å². The molecule has 1 aromatic carbocycles. The van der Waals surface area contributed by atoms with Crippen molar-refractivity contribution in [3.05, 3.63) is 29.8 Å². The SMILES string of the molecule is COc1cccc(C(=O)CC2=N[C@@H]3CCCC[C@@H]3N2)c1. The largest absolute Gasteiger partial charge is 0.497 e. The number of ketones is 1. The normalized spacial score (nSPS) is 24.6. The van der Waals surface area contributed by atoms with E-state index in [-0.39, 0.29) is 5.78 Å². The number of nitrogens with zero attached hydrogens (tertiary/aromatic N) is 1. The Morgan fingerprint density at radius 2 is 2.25 bits per heavy atom. The lowest BCUT2D eigenvalue weighted by atomic mass is 9.92. The van der Waals surface area contributed by atoms with Gasteiger partial charge in [-0.2, -0.15) is 0 Å². The summed E-state index contributed by atoms with van der Waals surface area (Å²) < 4.78 is 5.15. The molecule has 1 heterocycles. The van der Waals surface area contributed by atoms with E-state index in [2.05, 4.69) is 10.3 Å². The topological polar surface area (TPSA) is 50.7 Å². The minimum atomic E-state index is 0.0915. The summed E-state index contributed by atoms with van der Waals surface area (Å²) >= 11 is 0. The molecular weight excluding hydrogens is 252 g/mol. The van der Waals surface area contributed by atoms with Crippen LogP contribution in [0.5, 0.6) is 5.75 Å². The molecule has 1 saturated carbocycles. The van der Waals surface area contributed by atoms with Crippen LogP contribution in [-0.4, -0.2) is 30.8 Å². The summed E-state index contributed by atoms with van der Waals surface area (Å²) in [5.41, 5.74) is 0.684. The van der Waals surface area contributed by atoms with Gasteiger partial charge in [-0.05, 0) is 25.0 Å². The number of amidine groups is 1. The van der Waals surface area contributed by atoms with Crippen LogP contribution in [0.2, 0.25) is 0 Å². The van der Waals surface area contributed by atoms with E-state index in [1.54, 1.807) is 13.2 Å². The Morgan fingerprint density at radius 1 is 1.40 bits per heavy atom. The maximum atomic E-state index is 12.3. The molecule has 1 aliphatic heterocycles. The maximum Gasteiger partial charge on any atom is 0.170 e. The van der Waals surface area contributed by atoms with Gasteiger partial charge in [0.25, 0.3) is 0 Å². The monoisotopic (exact) mass is 272 g/mol. The molecule has 4 nitrogen and oxygen atoms in total. The number of aliphatic imine (C=N–C) groups is 1. The van der Waals surface area contributed by atoms with Gasteiger partial charge in [-0.15, -0.1) is 0 Å². The minimum Gasteiger partial charge on any atom is -0.497 e. The molecule has 0 aromatic heterocycles. The predicted octanol–water partition coefficient (Wildman–Crippen LogP) is 2.58. The van der Waals surface area contributed by atoms with Crippen molar-refractivity contribution >= 4 is 11.6 Å². The summed E-state index contributed by atoms with van der Waals surface area (Å²) in [6.07, 6.45) is 5.20. The smallest absolute Gasteiger partial charge is 0.170 e. The molecule has 3 rings (SSSR count). The lowest BCUT2D eigenvalue weighted by molar-refractivity contribution is 0.0999.